The summed E-state index contributed by atoms with van der Waals surface area (Å²) in [5, 5.41) is 19.5. The van der Waals surface area contributed by atoms with Gasteiger partial charge in [0, 0.05) is 0 Å². The number of hydrogen-bond donors (Lipinski definition) is 4. The van der Waals surface area contributed by atoms with E-state index >= 15 is 0 Å². The molecule has 7 nitrogen and oxygen atoms in total. The van der Waals surface area contributed by atoms with Crippen molar-refractivity contribution in [2.45, 2.75) is 46.6 Å². The Hall–Kier alpha value is -2.54. The monoisotopic (exact) mass is 347 g/mol. The maximum absolute atomic E-state index is 12.3. The topological polar surface area (TPSA) is 107 Å². The average Bonchev–Trinajstić information content (AvgIpc) is 2.81. The summed E-state index contributed by atoms with van der Waals surface area (Å²) in [6.07, 6.45) is 1.06. The number of aromatic amines is 1. The second-order valence-electron chi connectivity index (χ2n) is 7.33. The highest BCUT2D eigenvalue weighted by Gasteiger charge is 2.36. The van der Waals surface area contributed by atoms with E-state index in [1.165, 1.54) is 0 Å². The minimum absolute atomic E-state index is 0.277. The highest BCUT2D eigenvalue weighted by atomic mass is 16.5. The van der Waals surface area contributed by atoms with Crippen molar-refractivity contribution < 1.29 is 15.1 Å². The van der Waals surface area contributed by atoms with Crippen LogP contribution in [0, 0.1) is 12.3 Å². The summed E-state index contributed by atoms with van der Waals surface area (Å²) < 4.78 is 0.996. The van der Waals surface area contributed by atoms with Crippen LogP contribution in [0.4, 0.5) is 0 Å². The van der Waals surface area contributed by atoms with Crippen molar-refractivity contribution in [3.63, 3.8) is 0 Å². The Morgan fingerprint density at radius 1 is 1.24 bits per heavy atom. The molecule has 0 aliphatic rings. The fourth-order valence-corrected chi connectivity index (χ4v) is 2.88. The van der Waals surface area contributed by atoms with Crippen LogP contribution in [0.3, 0.4) is 0 Å². The number of aryl methyl sites for hydroxylation is 3. The van der Waals surface area contributed by atoms with Gasteiger partial charge in [-0.1, -0.05) is 50.6 Å². The molecule has 0 radical (unpaired) electrons. The van der Waals surface area contributed by atoms with Gasteiger partial charge in [0.05, 0.1) is 5.69 Å². The fraction of sp³-hybridized carbons (Fsp3) is 0.444. The van der Waals surface area contributed by atoms with E-state index in [1.807, 2.05) is 31.2 Å². The number of nitrogens with one attached hydrogen (secondary N) is 2. The van der Waals surface area contributed by atoms with Crippen LogP contribution in [0.25, 0.3) is 0 Å². The first kappa shape index (κ1) is 18.8. The van der Waals surface area contributed by atoms with Crippen molar-refractivity contribution in [2.75, 3.05) is 0 Å². The molecule has 2 rings (SSSR count). The largest absolute Gasteiger partial charge is 0.493 e. The summed E-state index contributed by atoms with van der Waals surface area (Å²) in [5.41, 5.74) is 2.91. The molecule has 0 saturated heterocycles. The van der Waals surface area contributed by atoms with Gasteiger partial charge in [-0.3, -0.25) is 10.0 Å². The number of carbonyl (C=O) groups is 1. The second kappa shape index (κ2) is 7.14. The van der Waals surface area contributed by atoms with Crippen LogP contribution in [0.5, 0.6) is 5.88 Å². The number of benzene rings is 1. The highest BCUT2D eigenvalue weighted by molar-refractivity contribution is 5.80. The van der Waals surface area contributed by atoms with E-state index in [0.717, 1.165) is 15.7 Å². The molecule has 1 heterocycles. The zero-order valence-corrected chi connectivity index (χ0v) is 15.0. The molecule has 4 N–H and O–H groups in total. The van der Waals surface area contributed by atoms with Crippen molar-refractivity contribution in [1.82, 2.24) is 15.0 Å². The number of nitrogens with zero attached hydrogens (tertiary/aromatic N) is 1. The summed E-state index contributed by atoms with van der Waals surface area (Å²) in [4.78, 5) is 27.0. The lowest BCUT2D eigenvalue weighted by atomic mass is 9.86. The lowest BCUT2D eigenvalue weighted by Gasteiger charge is -2.29. The number of aromatic hydroxyl groups is 1. The van der Waals surface area contributed by atoms with Gasteiger partial charge in [-0.05, 0) is 30.7 Å². The van der Waals surface area contributed by atoms with Gasteiger partial charge >= 0.3 is 5.69 Å². The molecule has 1 aromatic carbocycles. The molecule has 0 saturated carbocycles. The third kappa shape index (κ3) is 4.11. The molecule has 7 heteroatoms. The van der Waals surface area contributed by atoms with Crippen LogP contribution in [-0.2, 0) is 17.6 Å². The Morgan fingerprint density at radius 3 is 2.36 bits per heavy atom. The third-order valence-electron chi connectivity index (χ3n) is 4.20. The van der Waals surface area contributed by atoms with Crippen molar-refractivity contribution in [1.29, 1.82) is 0 Å². The number of rotatable bonds is 5. The molecule has 0 spiro atoms. The maximum Gasteiger partial charge on any atom is 0.329 e. The smallest absolute Gasteiger partial charge is 0.329 e. The number of hydroxylamine groups is 1. The number of carbonyl (C=O) groups excluding carboxylic acids is 1. The van der Waals surface area contributed by atoms with Gasteiger partial charge in [0.25, 0.3) is 5.91 Å². The van der Waals surface area contributed by atoms with Gasteiger partial charge in [-0.15, -0.1) is 0 Å². The van der Waals surface area contributed by atoms with E-state index in [4.69, 9.17) is 5.21 Å². The number of hydrogen-bond acceptors (Lipinski definition) is 4. The standard InChI is InChI=1S/C18H25N3O4/c1-11-5-7-12(8-6-11)9-10-13-16(23)21(17(24)19-13)14(15(22)20-25)18(2,3)4/h5-8,14,23,25H,9-10H2,1-4H3,(H,19,24)(H,20,22). The third-order valence-corrected chi connectivity index (χ3v) is 4.20. The summed E-state index contributed by atoms with van der Waals surface area (Å²) in [6, 6.07) is 6.96. The van der Waals surface area contributed by atoms with Gasteiger partial charge in [0.2, 0.25) is 5.88 Å². The molecule has 0 aliphatic carbocycles. The van der Waals surface area contributed by atoms with E-state index < -0.39 is 23.1 Å². The minimum Gasteiger partial charge on any atom is -0.493 e. The Labute approximate surface area is 146 Å². The van der Waals surface area contributed by atoms with Crippen LogP contribution >= 0.6 is 0 Å². The number of amides is 1. The zero-order valence-electron chi connectivity index (χ0n) is 15.0. The van der Waals surface area contributed by atoms with Crippen molar-refractivity contribution in [2.24, 2.45) is 5.41 Å². The van der Waals surface area contributed by atoms with Crippen molar-refractivity contribution >= 4 is 5.91 Å². The number of aromatic nitrogens is 2. The Bertz CT molecular complexity index is 797. The van der Waals surface area contributed by atoms with Crippen molar-refractivity contribution in [3.05, 3.63) is 51.6 Å². The lowest BCUT2D eigenvalue weighted by molar-refractivity contribution is -0.136. The molecule has 0 aliphatic heterocycles. The lowest BCUT2D eigenvalue weighted by Crippen LogP contribution is -2.41. The fourth-order valence-electron chi connectivity index (χ4n) is 2.88. The summed E-state index contributed by atoms with van der Waals surface area (Å²) in [7, 11) is 0. The summed E-state index contributed by atoms with van der Waals surface area (Å²) in [5.74, 6) is -1.03. The first-order valence-corrected chi connectivity index (χ1v) is 8.17. The van der Waals surface area contributed by atoms with Crippen LogP contribution in [0.15, 0.2) is 29.1 Å². The molecule has 25 heavy (non-hydrogen) atoms. The Morgan fingerprint density at radius 2 is 1.84 bits per heavy atom. The Kier molecular flexibility index (Phi) is 5.37. The summed E-state index contributed by atoms with van der Waals surface area (Å²) in [6.45, 7) is 7.25. The predicted molar refractivity (Wildman–Crippen MR) is 93.7 cm³/mol. The molecule has 1 aromatic heterocycles. The zero-order chi connectivity index (χ0) is 18.8. The van der Waals surface area contributed by atoms with Gasteiger partial charge in [-0.2, -0.15) is 0 Å². The van der Waals surface area contributed by atoms with Gasteiger partial charge < -0.3 is 10.1 Å². The minimum atomic E-state index is -1.05. The van der Waals surface area contributed by atoms with Gasteiger partial charge in [-0.25, -0.2) is 14.8 Å². The van der Waals surface area contributed by atoms with E-state index in [0.29, 0.717) is 18.5 Å². The van der Waals surface area contributed by atoms with E-state index in [9.17, 15) is 14.7 Å². The van der Waals surface area contributed by atoms with Crippen LogP contribution in [-0.4, -0.2) is 25.8 Å². The van der Waals surface area contributed by atoms with E-state index in [2.05, 4.69) is 4.98 Å². The predicted octanol–water partition coefficient (Wildman–Crippen LogP) is 2.07. The second-order valence-corrected chi connectivity index (χ2v) is 7.33. The van der Waals surface area contributed by atoms with Crippen LogP contribution in [0.2, 0.25) is 0 Å². The van der Waals surface area contributed by atoms with Crippen molar-refractivity contribution in [3.8, 4) is 5.88 Å². The van der Waals surface area contributed by atoms with Gasteiger partial charge in [0.1, 0.15) is 6.04 Å². The first-order valence-electron chi connectivity index (χ1n) is 8.17. The van der Waals surface area contributed by atoms with Crippen LogP contribution < -0.4 is 11.2 Å². The molecule has 0 fully saturated rings. The Balaban J connectivity index is 2.31. The molecule has 2 aromatic rings. The molecule has 1 unspecified atom stereocenters. The molecule has 1 atom stereocenters. The van der Waals surface area contributed by atoms with Gasteiger partial charge in [0.15, 0.2) is 0 Å². The molecule has 1 amide bonds. The number of H-pyrrole nitrogens is 1. The SMILES string of the molecule is Cc1ccc(CCc2[nH]c(=O)n(C(C(=O)NO)C(C)(C)C)c2O)cc1. The van der Waals surface area contributed by atoms with E-state index in [-0.39, 0.29) is 5.88 Å². The quantitative estimate of drug-likeness (QED) is 0.490. The van der Waals surface area contributed by atoms with E-state index in [1.54, 1.807) is 26.3 Å². The first-order chi connectivity index (χ1) is 11.6. The van der Waals surface area contributed by atoms with Crippen LogP contribution in [0.1, 0.15) is 43.6 Å². The molecule has 0 bridgehead atoms. The molecule has 136 valence electrons. The average molecular weight is 347 g/mol. The molecular weight excluding hydrogens is 322 g/mol. The normalized spacial score (nSPS) is 12.8. The molecular formula is C18H25N3O4. The highest BCUT2D eigenvalue weighted by Crippen LogP contribution is 2.33. The number of imidazole rings is 1. The summed E-state index contributed by atoms with van der Waals surface area (Å²) >= 11 is 0. The maximum atomic E-state index is 12.3.